The predicted octanol–water partition coefficient (Wildman–Crippen LogP) is 11.0. The Balaban J connectivity index is 1.28. The molecule has 246 valence electrons. The minimum Gasteiger partial charge on any atom is -0.256 e. The Labute approximate surface area is 308 Å². The van der Waals surface area contributed by atoms with Gasteiger partial charge in [0.05, 0.1) is 17.1 Å². The molecule has 0 fully saturated rings. The number of nitrogens with zero attached hydrogens (tertiary/aromatic N) is 3. The molecule has 3 heteroatoms. The summed E-state index contributed by atoms with van der Waals surface area (Å²) in [6.45, 7) is 4.09. The van der Waals surface area contributed by atoms with Crippen LogP contribution in [0.1, 0.15) is 58.2 Å². The van der Waals surface area contributed by atoms with E-state index in [1.807, 2.05) is 80.6 Å². The first-order valence-corrected chi connectivity index (χ1v) is 16.7. The van der Waals surface area contributed by atoms with Crippen LogP contribution in [0.5, 0.6) is 0 Å². The minimum absolute atomic E-state index is 0.0923. The lowest BCUT2D eigenvalue weighted by Gasteiger charge is -2.26. The van der Waals surface area contributed by atoms with Gasteiger partial charge in [-0.3, -0.25) is 15.0 Å². The fourth-order valence-electron chi connectivity index (χ4n) is 5.98. The Kier molecular flexibility index (Phi) is 7.47. The van der Waals surface area contributed by atoms with Crippen molar-refractivity contribution >= 4 is 0 Å². The van der Waals surface area contributed by atoms with E-state index in [1.54, 1.807) is 91.4 Å². The summed E-state index contributed by atoms with van der Waals surface area (Å²) < 4.78 is 74.5. The monoisotopic (exact) mass is 657 g/mol. The molecule has 0 aliphatic carbocycles. The second kappa shape index (κ2) is 15.3. The second-order valence-electron chi connectivity index (χ2n) is 12.9. The van der Waals surface area contributed by atoms with Gasteiger partial charge in [0, 0.05) is 46.2 Å². The molecule has 0 saturated heterocycles. The fourth-order valence-corrected chi connectivity index (χ4v) is 5.98. The quantitative estimate of drug-likeness (QED) is 0.131. The van der Waals surface area contributed by atoms with Crippen molar-refractivity contribution in [3.8, 4) is 33.8 Å². The molecule has 0 unspecified atom stereocenters. The Bertz CT molecular complexity index is 2350. The summed E-state index contributed by atoms with van der Waals surface area (Å²) in [6.07, 6.45) is -5.09. The predicted molar refractivity (Wildman–Crippen MR) is 207 cm³/mol. The van der Waals surface area contributed by atoms with Crippen LogP contribution in [0.15, 0.2) is 164 Å². The van der Waals surface area contributed by atoms with Gasteiger partial charge >= 0.3 is 0 Å². The molecule has 0 aliphatic rings. The van der Waals surface area contributed by atoms with Crippen LogP contribution >= 0.6 is 0 Å². The first-order valence-electron chi connectivity index (χ1n) is 20.7. The fraction of sp³-hybridized carbons (Fsp3) is 0.170. The summed E-state index contributed by atoms with van der Waals surface area (Å²) in [4.78, 5) is 13.2. The van der Waals surface area contributed by atoms with E-state index in [2.05, 4.69) is 15.0 Å². The summed E-state index contributed by atoms with van der Waals surface area (Å²) in [5.41, 5.74) is 5.71. The maximum absolute atomic E-state index is 9.40. The summed E-state index contributed by atoms with van der Waals surface area (Å²) in [7, 11) is 0. The Morgan fingerprint density at radius 1 is 0.420 bits per heavy atom. The van der Waals surface area contributed by atoms with E-state index in [-0.39, 0.29) is 22.3 Å². The number of benzene rings is 4. The van der Waals surface area contributed by atoms with Crippen LogP contribution in [0.4, 0.5) is 0 Å². The zero-order valence-corrected chi connectivity index (χ0v) is 28.1. The van der Waals surface area contributed by atoms with Crippen LogP contribution in [0.3, 0.4) is 0 Å². The molecule has 0 aliphatic heterocycles. The molecule has 0 atom stereocenters. The third-order valence-corrected chi connectivity index (χ3v) is 8.66. The molecule has 0 N–H and O–H groups in total. The number of pyridine rings is 3. The number of hydrogen-bond donors (Lipinski definition) is 0. The van der Waals surface area contributed by atoms with Crippen molar-refractivity contribution in [2.24, 2.45) is 0 Å². The molecule has 50 heavy (non-hydrogen) atoms. The molecule has 4 aromatic carbocycles. The van der Waals surface area contributed by atoms with E-state index in [1.165, 1.54) is 6.07 Å². The lowest BCUT2D eigenvalue weighted by Crippen LogP contribution is -2.20. The van der Waals surface area contributed by atoms with Crippen molar-refractivity contribution in [3.05, 3.63) is 198 Å². The van der Waals surface area contributed by atoms with E-state index in [0.717, 1.165) is 27.9 Å². The van der Waals surface area contributed by atoms with Crippen molar-refractivity contribution in [2.45, 2.75) is 51.2 Å². The van der Waals surface area contributed by atoms with Crippen LogP contribution in [0.2, 0.25) is 0 Å². The Morgan fingerprint density at radius 3 is 1.16 bits per heavy atom. The number of aromatic nitrogens is 3. The third-order valence-electron chi connectivity index (χ3n) is 8.66. The number of aryl methyl sites for hydroxylation is 4. The smallest absolute Gasteiger partial charge is 0.0701 e. The highest BCUT2D eigenvalue weighted by atomic mass is 14.7. The van der Waals surface area contributed by atoms with Crippen LogP contribution in [0, 0.1) is 0 Å². The summed E-state index contributed by atoms with van der Waals surface area (Å²) in [5, 5.41) is 0. The van der Waals surface area contributed by atoms with Crippen LogP contribution in [0.25, 0.3) is 33.8 Å². The normalized spacial score (nSPS) is 14.9. The van der Waals surface area contributed by atoms with E-state index < -0.39 is 30.9 Å². The van der Waals surface area contributed by atoms with E-state index >= 15 is 0 Å². The molecule has 3 nitrogen and oxygen atoms in total. The molecule has 0 amide bonds. The van der Waals surface area contributed by atoms with E-state index in [4.69, 9.17) is 0 Å². The number of hydrogen-bond acceptors (Lipinski definition) is 3. The highest BCUT2D eigenvalue weighted by Gasteiger charge is 2.22. The van der Waals surface area contributed by atoms with Gasteiger partial charge in [-0.2, -0.15) is 0 Å². The highest BCUT2D eigenvalue weighted by molar-refractivity contribution is 5.61. The van der Waals surface area contributed by atoms with Crippen molar-refractivity contribution in [1.82, 2.24) is 15.0 Å². The molecular weight excluding hydrogens is 607 g/mol. The Morgan fingerprint density at radius 2 is 0.780 bits per heavy atom. The number of rotatable bonds is 12. The van der Waals surface area contributed by atoms with E-state index in [9.17, 15) is 11.0 Å². The molecule has 3 aromatic heterocycles. The first kappa shape index (κ1) is 24.5. The van der Waals surface area contributed by atoms with Crippen molar-refractivity contribution in [1.29, 1.82) is 0 Å². The van der Waals surface area contributed by atoms with Gasteiger partial charge in [0.25, 0.3) is 0 Å². The van der Waals surface area contributed by atoms with E-state index in [0.29, 0.717) is 23.4 Å². The van der Waals surface area contributed by atoms with Crippen molar-refractivity contribution < 1.29 is 11.0 Å². The van der Waals surface area contributed by atoms with Crippen molar-refractivity contribution in [2.75, 3.05) is 0 Å². The summed E-state index contributed by atoms with van der Waals surface area (Å²) in [6, 6.07) is 42.3. The molecule has 3 heterocycles. The topological polar surface area (TPSA) is 38.7 Å². The Hall–Kier alpha value is -5.67. The van der Waals surface area contributed by atoms with Gasteiger partial charge in [-0.25, -0.2) is 0 Å². The molecule has 0 radical (unpaired) electrons. The molecular formula is C47H43N3. The zero-order valence-electron chi connectivity index (χ0n) is 36.1. The lowest BCUT2D eigenvalue weighted by atomic mass is 9.78. The van der Waals surface area contributed by atoms with Crippen molar-refractivity contribution in [3.63, 3.8) is 0 Å². The molecule has 0 saturated carbocycles. The van der Waals surface area contributed by atoms with Gasteiger partial charge in [0.15, 0.2) is 0 Å². The average molecular weight is 658 g/mol. The zero-order chi connectivity index (χ0) is 41.3. The minimum atomic E-state index is -2.67. The largest absolute Gasteiger partial charge is 0.256 e. The highest BCUT2D eigenvalue weighted by Crippen LogP contribution is 2.31. The molecule has 0 spiro atoms. The van der Waals surface area contributed by atoms with Gasteiger partial charge in [-0.05, 0) is 107 Å². The van der Waals surface area contributed by atoms with Crippen LogP contribution in [-0.2, 0) is 37.3 Å². The standard InChI is InChI=1S/C47H43N3/c1-47(2,43-26-24-42(25-27-43)46-11-5-8-30-50-46)34-39-32-37(14-12-35-16-20-40(21-17-35)44-9-3-6-28-48-44)31-38(33-39)15-13-36-18-22-41(23-19-36)45-10-4-7-29-49-45/h3-11,16-33H,12-15,34H2,1-2H3/i12D2,13D2,14D2,15D2. The van der Waals surface area contributed by atoms with Gasteiger partial charge in [0.2, 0.25) is 0 Å². The maximum Gasteiger partial charge on any atom is 0.0701 e. The summed E-state index contributed by atoms with van der Waals surface area (Å²) >= 11 is 0. The summed E-state index contributed by atoms with van der Waals surface area (Å²) in [5.74, 6) is 0. The molecule has 7 aromatic rings. The SMILES string of the molecule is [2H]C([2H])(c1ccc(-c2ccccn2)cc1)C([2H])([2H])c1cc(CC(C)(C)c2ccc(-c3ccccn3)cc2)cc(C([2H])([2H])C([2H])([2H])c2ccc(-c3ccccn3)cc2)c1. The van der Waals surface area contributed by atoms with Crippen LogP contribution < -0.4 is 0 Å². The van der Waals surface area contributed by atoms with Gasteiger partial charge in [-0.15, -0.1) is 0 Å². The second-order valence-corrected chi connectivity index (χ2v) is 12.9. The molecule has 0 bridgehead atoms. The maximum atomic E-state index is 9.40. The molecule has 7 rings (SSSR count). The van der Waals surface area contributed by atoms with Gasteiger partial charge in [0.1, 0.15) is 0 Å². The van der Waals surface area contributed by atoms with Gasteiger partial charge < -0.3 is 0 Å². The third kappa shape index (κ3) is 8.30. The first-order chi connectivity index (χ1) is 27.5. The van der Waals surface area contributed by atoms with Crippen LogP contribution in [-0.4, -0.2) is 15.0 Å². The lowest BCUT2D eigenvalue weighted by molar-refractivity contribution is 0.522. The van der Waals surface area contributed by atoms with Gasteiger partial charge in [-0.1, -0.05) is 123 Å². The average Bonchev–Trinajstić information content (AvgIpc) is 3.24.